The van der Waals surface area contributed by atoms with E-state index in [0.717, 1.165) is 11.4 Å². The zero-order valence-electron chi connectivity index (χ0n) is 16.0. The molecule has 0 bridgehead atoms. The molecule has 28 heavy (non-hydrogen) atoms. The number of para-hydroxylation sites is 2. The fourth-order valence-corrected chi connectivity index (χ4v) is 3.34. The number of benzene rings is 2. The molecule has 0 aliphatic carbocycles. The van der Waals surface area contributed by atoms with E-state index in [1.807, 2.05) is 79.3 Å². The number of aromatic nitrogens is 2. The SMILES string of the molecule is C[C@H](c1ccccc1)N(Cc1nccn1C)C(=O)[C@H]1COc2ccccc2O1. The van der Waals surface area contributed by atoms with E-state index in [1.165, 1.54) is 0 Å². The van der Waals surface area contributed by atoms with E-state index in [0.29, 0.717) is 18.0 Å². The summed E-state index contributed by atoms with van der Waals surface area (Å²) < 4.78 is 13.6. The predicted octanol–water partition coefficient (Wildman–Crippen LogP) is 3.35. The molecule has 0 N–H and O–H groups in total. The number of amides is 1. The molecule has 0 saturated carbocycles. The zero-order chi connectivity index (χ0) is 19.5. The van der Waals surface area contributed by atoms with Crippen LogP contribution in [0.15, 0.2) is 67.0 Å². The van der Waals surface area contributed by atoms with E-state index < -0.39 is 6.10 Å². The van der Waals surface area contributed by atoms with Gasteiger partial charge in [0.15, 0.2) is 11.5 Å². The van der Waals surface area contributed by atoms with Crippen molar-refractivity contribution < 1.29 is 14.3 Å². The Labute approximate surface area is 164 Å². The van der Waals surface area contributed by atoms with Crippen LogP contribution in [0, 0.1) is 0 Å². The molecule has 4 rings (SSSR count). The largest absolute Gasteiger partial charge is 0.485 e. The highest BCUT2D eigenvalue weighted by Gasteiger charge is 2.34. The van der Waals surface area contributed by atoms with Crippen LogP contribution in [-0.2, 0) is 18.4 Å². The average molecular weight is 377 g/mol. The number of hydrogen-bond donors (Lipinski definition) is 0. The number of carbonyl (C=O) groups excluding carboxylic acids is 1. The third kappa shape index (κ3) is 3.58. The normalized spacial score (nSPS) is 16.4. The second kappa shape index (κ2) is 7.76. The van der Waals surface area contributed by atoms with Crippen LogP contribution in [0.5, 0.6) is 11.5 Å². The highest BCUT2D eigenvalue weighted by molar-refractivity contribution is 5.82. The maximum atomic E-state index is 13.4. The topological polar surface area (TPSA) is 56.6 Å². The number of imidazole rings is 1. The van der Waals surface area contributed by atoms with Crippen LogP contribution >= 0.6 is 0 Å². The van der Waals surface area contributed by atoms with E-state index in [9.17, 15) is 4.79 Å². The Hall–Kier alpha value is -3.28. The maximum Gasteiger partial charge on any atom is 0.268 e. The van der Waals surface area contributed by atoms with Gasteiger partial charge in [-0.2, -0.15) is 0 Å². The van der Waals surface area contributed by atoms with Gasteiger partial charge in [0.2, 0.25) is 6.10 Å². The number of nitrogens with zero attached hydrogens (tertiary/aromatic N) is 3. The highest BCUT2D eigenvalue weighted by atomic mass is 16.6. The molecule has 2 heterocycles. The molecule has 1 aliphatic rings. The van der Waals surface area contributed by atoms with Crippen molar-refractivity contribution in [3.63, 3.8) is 0 Å². The second-order valence-corrected chi connectivity index (χ2v) is 6.87. The molecule has 1 amide bonds. The number of aryl methyl sites for hydroxylation is 1. The first-order valence-corrected chi connectivity index (χ1v) is 9.33. The van der Waals surface area contributed by atoms with Crippen LogP contribution in [-0.4, -0.2) is 33.1 Å². The molecule has 0 saturated heterocycles. The molecule has 0 unspecified atom stereocenters. The van der Waals surface area contributed by atoms with Gasteiger partial charge >= 0.3 is 0 Å². The van der Waals surface area contributed by atoms with Gasteiger partial charge in [0.25, 0.3) is 5.91 Å². The van der Waals surface area contributed by atoms with Crippen molar-refractivity contribution in [2.75, 3.05) is 6.61 Å². The van der Waals surface area contributed by atoms with E-state index in [1.54, 1.807) is 11.1 Å². The summed E-state index contributed by atoms with van der Waals surface area (Å²) in [6, 6.07) is 17.3. The number of rotatable bonds is 5. The summed E-state index contributed by atoms with van der Waals surface area (Å²) in [5.74, 6) is 1.96. The minimum Gasteiger partial charge on any atom is -0.485 e. The van der Waals surface area contributed by atoms with E-state index in [2.05, 4.69) is 4.98 Å². The summed E-state index contributed by atoms with van der Waals surface area (Å²) in [6.07, 6.45) is 2.92. The van der Waals surface area contributed by atoms with Gasteiger partial charge in [-0.3, -0.25) is 4.79 Å². The molecule has 2 aromatic carbocycles. The minimum absolute atomic E-state index is 0.117. The summed E-state index contributed by atoms with van der Waals surface area (Å²) in [4.78, 5) is 19.6. The second-order valence-electron chi connectivity index (χ2n) is 6.87. The summed E-state index contributed by atoms with van der Waals surface area (Å²) in [5.41, 5.74) is 1.06. The lowest BCUT2D eigenvalue weighted by Gasteiger charge is -2.34. The Morgan fingerprint density at radius 2 is 1.89 bits per heavy atom. The quantitative estimate of drug-likeness (QED) is 0.684. The third-order valence-electron chi connectivity index (χ3n) is 5.05. The molecule has 2 atom stereocenters. The molecular weight excluding hydrogens is 354 g/mol. The molecule has 0 radical (unpaired) electrons. The number of hydrogen-bond acceptors (Lipinski definition) is 4. The molecule has 6 nitrogen and oxygen atoms in total. The number of carbonyl (C=O) groups is 1. The van der Waals surface area contributed by atoms with Gasteiger partial charge in [0.1, 0.15) is 12.4 Å². The molecular formula is C22H23N3O3. The Morgan fingerprint density at radius 1 is 1.18 bits per heavy atom. The third-order valence-corrected chi connectivity index (χ3v) is 5.05. The van der Waals surface area contributed by atoms with Crippen molar-refractivity contribution in [2.45, 2.75) is 25.6 Å². The molecule has 6 heteroatoms. The molecule has 1 aliphatic heterocycles. The van der Waals surface area contributed by atoms with Gasteiger partial charge in [-0.15, -0.1) is 0 Å². The van der Waals surface area contributed by atoms with Crippen molar-refractivity contribution in [3.05, 3.63) is 78.4 Å². The van der Waals surface area contributed by atoms with Gasteiger partial charge < -0.3 is 18.9 Å². The van der Waals surface area contributed by atoms with E-state index >= 15 is 0 Å². The molecule has 3 aromatic rings. The van der Waals surface area contributed by atoms with Gasteiger partial charge in [0, 0.05) is 19.4 Å². The van der Waals surface area contributed by atoms with E-state index in [-0.39, 0.29) is 18.6 Å². The first-order chi connectivity index (χ1) is 13.6. The lowest BCUT2D eigenvalue weighted by molar-refractivity contribution is -0.144. The van der Waals surface area contributed by atoms with Crippen LogP contribution in [0.25, 0.3) is 0 Å². The van der Waals surface area contributed by atoms with Crippen LogP contribution in [0.1, 0.15) is 24.4 Å². The highest BCUT2D eigenvalue weighted by Crippen LogP contribution is 2.32. The first-order valence-electron chi connectivity index (χ1n) is 9.33. The van der Waals surface area contributed by atoms with Crippen molar-refractivity contribution in [1.29, 1.82) is 0 Å². The van der Waals surface area contributed by atoms with Crippen molar-refractivity contribution >= 4 is 5.91 Å². The Morgan fingerprint density at radius 3 is 2.61 bits per heavy atom. The zero-order valence-corrected chi connectivity index (χ0v) is 16.0. The molecule has 144 valence electrons. The first kappa shape index (κ1) is 18.1. The van der Waals surface area contributed by atoms with Crippen molar-refractivity contribution in [2.24, 2.45) is 7.05 Å². The molecule has 1 aromatic heterocycles. The smallest absolute Gasteiger partial charge is 0.268 e. The van der Waals surface area contributed by atoms with Crippen LogP contribution in [0.4, 0.5) is 0 Å². The van der Waals surface area contributed by atoms with Crippen molar-refractivity contribution in [1.82, 2.24) is 14.5 Å². The van der Waals surface area contributed by atoms with Gasteiger partial charge in [0.05, 0.1) is 12.6 Å². The fraction of sp³-hybridized carbons (Fsp3) is 0.273. The van der Waals surface area contributed by atoms with Gasteiger partial charge in [-0.05, 0) is 24.6 Å². The van der Waals surface area contributed by atoms with Crippen LogP contribution < -0.4 is 9.47 Å². The summed E-state index contributed by atoms with van der Waals surface area (Å²) in [7, 11) is 1.93. The predicted molar refractivity (Wildman–Crippen MR) is 105 cm³/mol. The summed E-state index contributed by atoms with van der Waals surface area (Å²) in [5, 5.41) is 0. The van der Waals surface area contributed by atoms with Crippen LogP contribution in [0.3, 0.4) is 0 Å². The number of fused-ring (bicyclic) bond motifs is 1. The standard InChI is InChI=1S/C22H23N3O3/c1-16(17-8-4-3-5-9-17)25(14-21-23-12-13-24(21)2)22(26)20-15-27-18-10-6-7-11-19(18)28-20/h3-13,16,20H,14-15H2,1-2H3/t16-,20-/m1/s1. The van der Waals surface area contributed by atoms with Gasteiger partial charge in [-0.1, -0.05) is 42.5 Å². The van der Waals surface area contributed by atoms with Crippen molar-refractivity contribution in [3.8, 4) is 11.5 Å². The van der Waals surface area contributed by atoms with Gasteiger partial charge in [-0.25, -0.2) is 4.98 Å². The average Bonchev–Trinajstić information content (AvgIpc) is 3.15. The lowest BCUT2D eigenvalue weighted by Crippen LogP contribution is -2.47. The summed E-state index contributed by atoms with van der Waals surface area (Å²) in [6.45, 7) is 2.60. The van der Waals surface area contributed by atoms with E-state index in [4.69, 9.17) is 9.47 Å². The monoisotopic (exact) mass is 377 g/mol. The molecule has 0 fully saturated rings. The lowest BCUT2D eigenvalue weighted by atomic mass is 10.1. The molecule has 0 spiro atoms. The Balaban J connectivity index is 1.61. The maximum absolute atomic E-state index is 13.4. The Kier molecular flexibility index (Phi) is 5.02. The fourth-order valence-electron chi connectivity index (χ4n) is 3.34. The number of ether oxygens (including phenoxy) is 2. The summed E-state index contributed by atoms with van der Waals surface area (Å²) >= 11 is 0. The minimum atomic E-state index is -0.693. The van der Waals surface area contributed by atoms with Crippen LogP contribution in [0.2, 0.25) is 0 Å². The Bertz CT molecular complexity index is 954.